The number of rotatable bonds is 13. The third-order valence-electron chi connectivity index (χ3n) is 9.04. The van der Waals surface area contributed by atoms with Gasteiger partial charge in [-0.15, -0.1) is 0 Å². The van der Waals surface area contributed by atoms with Crippen LogP contribution in [0.5, 0.6) is 5.75 Å². The predicted molar refractivity (Wildman–Crippen MR) is 194 cm³/mol. The van der Waals surface area contributed by atoms with E-state index < -0.39 is 22.7 Å². The topological polar surface area (TPSA) is 111 Å². The van der Waals surface area contributed by atoms with E-state index in [0.717, 1.165) is 35.3 Å². The van der Waals surface area contributed by atoms with Crippen molar-refractivity contribution in [2.24, 2.45) is 16.7 Å². The molecule has 2 N–H and O–H groups in total. The molecule has 0 spiro atoms. The van der Waals surface area contributed by atoms with Crippen LogP contribution in [0.15, 0.2) is 109 Å². The minimum atomic E-state index is -0.862. The van der Waals surface area contributed by atoms with E-state index in [4.69, 9.17) is 9.84 Å². The molecule has 4 aromatic carbocycles. The first kappa shape index (κ1) is 37.0. The number of benzene rings is 4. The summed E-state index contributed by atoms with van der Waals surface area (Å²) in [4.78, 5) is 25.4. The van der Waals surface area contributed by atoms with Crippen molar-refractivity contribution in [2.45, 2.75) is 34.6 Å². The van der Waals surface area contributed by atoms with Crippen LogP contribution in [0.4, 0.5) is 17.1 Å². The molecule has 0 saturated heterocycles. The second-order valence-corrected chi connectivity index (χ2v) is 12.5. The van der Waals surface area contributed by atoms with E-state index in [9.17, 15) is 20.0 Å². The minimum Gasteiger partial charge on any atom is -0.492 e. The van der Waals surface area contributed by atoms with Crippen molar-refractivity contribution < 1.29 is 24.5 Å². The summed E-state index contributed by atoms with van der Waals surface area (Å²) in [6.45, 7) is 9.77. The summed E-state index contributed by atoms with van der Waals surface area (Å²) in [5, 5.41) is 26.0. The second kappa shape index (κ2) is 16.9. The highest BCUT2D eigenvalue weighted by Gasteiger charge is 2.44. The first-order chi connectivity index (χ1) is 23.0. The van der Waals surface area contributed by atoms with Gasteiger partial charge in [-0.2, -0.15) is 5.26 Å². The van der Waals surface area contributed by atoms with Crippen molar-refractivity contribution in [1.82, 2.24) is 0 Å². The van der Waals surface area contributed by atoms with Crippen LogP contribution in [0.2, 0.25) is 0 Å². The number of aldehydes is 1. The summed E-state index contributed by atoms with van der Waals surface area (Å²) >= 11 is 0. The number of hydrogen-bond donors (Lipinski definition) is 2. The summed E-state index contributed by atoms with van der Waals surface area (Å²) in [7, 11) is 1.00. The maximum absolute atomic E-state index is 11.8. The molecule has 4 rings (SSSR count). The van der Waals surface area contributed by atoms with Crippen molar-refractivity contribution in [2.75, 3.05) is 18.6 Å². The maximum atomic E-state index is 11.8. The second-order valence-electron chi connectivity index (χ2n) is 12.5. The molecule has 7 nitrogen and oxygen atoms in total. The number of aliphatic carboxylic acids is 1. The summed E-state index contributed by atoms with van der Waals surface area (Å²) in [5.74, 6) is -0.960. The number of anilines is 3. The molecule has 7 heteroatoms. The first-order valence-electron chi connectivity index (χ1n) is 15.7. The maximum Gasteiger partial charge on any atom is 0.306 e. The van der Waals surface area contributed by atoms with Crippen LogP contribution in [0, 0.1) is 28.1 Å². The van der Waals surface area contributed by atoms with Crippen molar-refractivity contribution in [3.05, 3.63) is 125 Å². The number of carboxylic acid groups (broad SMARTS) is 1. The Kier molecular flexibility index (Phi) is 13.0. The Hall–Kier alpha value is -5.45. The number of ether oxygens (including phenoxy) is 1. The molecule has 1 unspecified atom stereocenters. The van der Waals surface area contributed by atoms with E-state index >= 15 is 0 Å². The average Bonchev–Trinajstić information content (AvgIpc) is 3.11. The van der Waals surface area contributed by atoms with Gasteiger partial charge in [-0.25, -0.2) is 0 Å². The van der Waals surface area contributed by atoms with Gasteiger partial charge in [0.15, 0.2) is 6.29 Å². The summed E-state index contributed by atoms with van der Waals surface area (Å²) in [6.07, 6.45) is 6.01. The molecule has 0 aliphatic heterocycles. The van der Waals surface area contributed by atoms with Crippen LogP contribution >= 0.6 is 0 Å². The number of carbonyl (C=O) groups excluding carboxylic acids is 1. The van der Waals surface area contributed by atoms with Gasteiger partial charge in [0.2, 0.25) is 0 Å². The molecular weight excluding hydrogens is 600 g/mol. The molecule has 0 amide bonds. The lowest BCUT2D eigenvalue weighted by atomic mass is 9.62. The third kappa shape index (κ3) is 9.09. The molecule has 0 aromatic heterocycles. The fourth-order valence-corrected chi connectivity index (χ4v) is 5.03. The molecule has 0 aliphatic carbocycles. The number of para-hydroxylation sites is 2. The lowest BCUT2D eigenvalue weighted by Gasteiger charge is -2.44. The Balaban J connectivity index is 0.00000307. The highest BCUT2D eigenvalue weighted by atomic mass is 16.5. The molecule has 0 fully saturated rings. The molecule has 48 heavy (non-hydrogen) atoms. The monoisotopic (exact) mass is 644 g/mol. The normalized spacial score (nSPS) is 12.3. The van der Waals surface area contributed by atoms with Crippen LogP contribution in [0.25, 0.3) is 18.2 Å². The zero-order chi connectivity index (χ0) is 35.3. The van der Waals surface area contributed by atoms with Gasteiger partial charge in [0, 0.05) is 35.2 Å². The molecule has 0 radical (unpaired) electrons. The third-order valence-corrected chi connectivity index (χ3v) is 9.04. The standard InChI is InChI=1S/C40H40N2O4.CH4O/c1-29(38(44)45)40(4,5)39(2,3)28-46-37-25-31(18-21-33(37)24-32(26-41)27-43)17-16-30-19-22-36(23-20-30)42(34-12-8-6-9-13-34)35-14-10-7-11-15-35;1-2/h6-25,27,29H,28H2,1-5H3,(H,44,45);2H,1H3/b17-16+,32-24-;. The fraction of sp³-hybridized carbons (Fsp3) is 0.244. The first-order valence-corrected chi connectivity index (χ1v) is 15.7. The number of nitrogens with zero attached hydrogens (tertiary/aromatic N) is 2. The molecule has 0 heterocycles. The highest BCUT2D eigenvalue weighted by Crippen LogP contribution is 2.45. The Morgan fingerprint density at radius 3 is 1.83 bits per heavy atom. The number of aliphatic hydroxyl groups is 1. The molecule has 4 aromatic rings. The Bertz CT molecular complexity index is 1710. The van der Waals surface area contributed by atoms with E-state index in [1.54, 1.807) is 6.92 Å². The molecule has 0 aliphatic rings. The molecule has 1 atom stereocenters. The lowest BCUT2D eigenvalue weighted by molar-refractivity contribution is -0.149. The average molecular weight is 645 g/mol. The zero-order valence-corrected chi connectivity index (χ0v) is 28.4. The number of aliphatic hydroxyl groups excluding tert-OH is 1. The van der Waals surface area contributed by atoms with Gasteiger partial charge in [-0.05, 0) is 65.1 Å². The molecule has 0 bridgehead atoms. The van der Waals surface area contributed by atoms with E-state index in [1.807, 2.05) is 101 Å². The van der Waals surface area contributed by atoms with E-state index in [2.05, 4.69) is 53.4 Å². The number of carboxylic acids is 1. The summed E-state index contributed by atoms with van der Waals surface area (Å²) in [5.41, 5.74) is 4.51. The van der Waals surface area contributed by atoms with Crippen LogP contribution < -0.4 is 9.64 Å². The zero-order valence-electron chi connectivity index (χ0n) is 28.4. The number of allylic oxidation sites excluding steroid dienone is 1. The van der Waals surface area contributed by atoms with Crippen LogP contribution in [-0.2, 0) is 9.59 Å². The Morgan fingerprint density at radius 2 is 1.33 bits per heavy atom. The van der Waals surface area contributed by atoms with Gasteiger partial charge in [-0.1, -0.05) is 107 Å². The van der Waals surface area contributed by atoms with Crippen molar-refractivity contribution in [1.29, 1.82) is 5.26 Å². The van der Waals surface area contributed by atoms with E-state index in [1.165, 1.54) is 6.08 Å². The summed E-state index contributed by atoms with van der Waals surface area (Å²) < 4.78 is 6.32. The number of hydrogen-bond acceptors (Lipinski definition) is 6. The number of carbonyl (C=O) groups is 2. The highest BCUT2D eigenvalue weighted by molar-refractivity contribution is 5.88. The van der Waals surface area contributed by atoms with Gasteiger partial charge in [0.1, 0.15) is 11.8 Å². The summed E-state index contributed by atoms with van der Waals surface area (Å²) in [6, 6.07) is 36.3. The van der Waals surface area contributed by atoms with Gasteiger partial charge in [-0.3, -0.25) is 9.59 Å². The minimum absolute atomic E-state index is 0.0210. The molecule has 0 saturated carbocycles. The van der Waals surface area contributed by atoms with Crippen molar-refractivity contribution in [3.63, 3.8) is 0 Å². The van der Waals surface area contributed by atoms with Gasteiger partial charge >= 0.3 is 5.97 Å². The quantitative estimate of drug-likeness (QED) is 0.0646. The largest absolute Gasteiger partial charge is 0.492 e. The van der Waals surface area contributed by atoms with Crippen molar-refractivity contribution >= 4 is 47.5 Å². The van der Waals surface area contributed by atoms with Crippen LogP contribution in [-0.4, -0.2) is 36.2 Å². The van der Waals surface area contributed by atoms with E-state index in [-0.39, 0.29) is 12.2 Å². The SMILES string of the molecule is CC(C(=O)O)C(C)(C)C(C)(C)COc1cc(/C=C/c2ccc(N(c3ccccc3)c3ccccc3)cc2)ccc1/C=C(/C#N)C=O.CO. The number of nitriles is 1. The Labute approximate surface area is 284 Å². The fourth-order valence-electron chi connectivity index (χ4n) is 5.03. The molecule has 248 valence electrons. The predicted octanol–water partition coefficient (Wildman–Crippen LogP) is 9.19. The Morgan fingerprint density at radius 1 is 0.833 bits per heavy atom. The smallest absolute Gasteiger partial charge is 0.306 e. The van der Waals surface area contributed by atoms with Gasteiger partial charge in [0.25, 0.3) is 0 Å². The van der Waals surface area contributed by atoms with Gasteiger partial charge in [0.05, 0.1) is 18.1 Å². The van der Waals surface area contributed by atoms with Crippen LogP contribution in [0.3, 0.4) is 0 Å². The van der Waals surface area contributed by atoms with E-state index in [0.29, 0.717) is 17.6 Å². The molecular formula is C41H44N2O5. The van der Waals surface area contributed by atoms with Crippen LogP contribution in [0.1, 0.15) is 51.3 Å². The lowest BCUT2D eigenvalue weighted by Crippen LogP contribution is -2.44. The van der Waals surface area contributed by atoms with Crippen molar-refractivity contribution in [3.8, 4) is 11.8 Å². The van der Waals surface area contributed by atoms with Gasteiger partial charge < -0.3 is 19.8 Å².